The summed E-state index contributed by atoms with van der Waals surface area (Å²) in [4.78, 5) is 7.17. The van der Waals surface area contributed by atoms with Gasteiger partial charge >= 0.3 is 0 Å². The molecule has 0 spiro atoms. The number of aromatic amines is 1. The first kappa shape index (κ1) is 13.6. The third-order valence-electron chi connectivity index (χ3n) is 3.79. The number of H-pyrrole nitrogens is 1. The van der Waals surface area contributed by atoms with Gasteiger partial charge in [-0.25, -0.2) is 18.4 Å². The molecule has 0 aliphatic carbocycles. The number of benzene rings is 2. The summed E-state index contributed by atoms with van der Waals surface area (Å²) in [6, 6.07) is 10.8. The minimum Gasteiger partial charge on any atom is -0.354 e. The average molecular weight is 310 g/mol. The molecule has 0 aliphatic rings. The van der Waals surface area contributed by atoms with Crippen LogP contribution in [-0.2, 0) is 6.54 Å². The maximum atomic E-state index is 13.5. The fourth-order valence-electron chi connectivity index (χ4n) is 2.73. The molecule has 0 bridgehead atoms. The lowest BCUT2D eigenvalue weighted by Crippen LogP contribution is -2.01. The lowest BCUT2D eigenvalue weighted by atomic mass is 10.1. The van der Waals surface area contributed by atoms with Crippen LogP contribution < -0.4 is 0 Å². The standard InChI is InChI=1S/C17H12F2N4/c18-12-3-1-11(2-4-12)17-15(8-23-10-20-9-21-23)14-6-5-13(19)7-16(14)22-17/h1-7,9-10,22H,8H2. The number of nitrogens with zero attached hydrogens (tertiary/aromatic N) is 3. The number of rotatable bonds is 3. The second-order valence-corrected chi connectivity index (χ2v) is 5.27. The van der Waals surface area contributed by atoms with Crippen molar-refractivity contribution in [1.29, 1.82) is 0 Å². The van der Waals surface area contributed by atoms with Gasteiger partial charge in [0.1, 0.15) is 24.3 Å². The van der Waals surface area contributed by atoms with Gasteiger partial charge in [-0.3, -0.25) is 0 Å². The van der Waals surface area contributed by atoms with Gasteiger partial charge in [0, 0.05) is 16.5 Å². The molecular formula is C17H12F2N4. The Morgan fingerprint density at radius 2 is 1.78 bits per heavy atom. The Morgan fingerprint density at radius 3 is 2.52 bits per heavy atom. The second-order valence-electron chi connectivity index (χ2n) is 5.27. The van der Waals surface area contributed by atoms with Crippen molar-refractivity contribution in [2.24, 2.45) is 0 Å². The van der Waals surface area contributed by atoms with E-state index in [4.69, 9.17) is 0 Å². The smallest absolute Gasteiger partial charge is 0.137 e. The molecule has 0 fully saturated rings. The molecule has 0 radical (unpaired) electrons. The highest BCUT2D eigenvalue weighted by molar-refractivity contribution is 5.90. The van der Waals surface area contributed by atoms with Crippen molar-refractivity contribution in [2.45, 2.75) is 6.54 Å². The summed E-state index contributed by atoms with van der Waals surface area (Å²) < 4.78 is 28.4. The summed E-state index contributed by atoms with van der Waals surface area (Å²) >= 11 is 0. The largest absolute Gasteiger partial charge is 0.354 e. The molecule has 4 aromatic rings. The lowest BCUT2D eigenvalue weighted by molar-refractivity contribution is 0.628. The summed E-state index contributed by atoms with van der Waals surface area (Å²) in [5.41, 5.74) is 3.30. The van der Waals surface area contributed by atoms with E-state index in [0.29, 0.717) is 12.1 Å². The second kappa shape index (κ2) is 5.31. The van der Waals surface area contributed by atoms with E-state index in [9.17, 15) is 8.78 Å². The van der Waals surface area contributed by atoms with E-state index in [2.05, 4.69) is 15.1 Å². The zero-order valence-corrected chi connectivity index (χ0v) is 12.0. The lowest BCUT2D eigenvalue weighted by Gasteiger charge is -2.05. The normalized spacial score (nSPS) is 11.2. The summed E-state index contributed by atoms with van der Waals surface area (Å²) in [7, 11) is 0. The SMILES string of the molecule is Fc1ccc(-c2[nH]c3cc(F)ccc3c2Cn2cncn2)cc1. The molecule has 2 aromatic heterocycles. The van der Waals surface area contributed by atoms with E-state index < -0.39 is 0 Å². The Morgan fingerprint density at radius 1 is 1.00 bits per heavy atom. The number of fused-ring (bicyclic) bond motifs is 1. The molecule has 0 atom stereocenters. The van der Waals surface area contributed by atoms with E-state index in [0.717, 1.165) is 22.2 Å². The van der Waals surface area contributed by atoms with Crippen LogP contribution in [0.2, 0.25) is 0 Å². The van der Waals surface area contributed by atoms with Gasteiger partial charge < -0.3 is 4.98 Å². The van der Waals surface area contributed by atoms with Gasteiger partial charge in [0.25, 0.3) is 0 Å². The van der Waals surface area contributed by atoms with Gasteiger partial charge in [0.05, 0.1) is 12.2 Å². The Bertz CT molecular complexity index is 956. The first-order chi connectivity index (χ1) is 11.2. The van der Waals surface area contributed by atoms with Crippen molar-refractivity contribution in [3.05, 3.63) is 72.3 Å². The molecule has 6 heteroatoms. The predicted molar refractivity (Wildman–Crippen MR) is 82.8 cm³/mol. The van der Waals surface area contributed by atoms with E-state index >= 15 is 0 Å². The van der Waals surface area contributed by atoms with Crippen LogP contribution in [-0.4, -0.2) is 19.7 Å². The molecule has 0 unspecified atom stereocenters. The molecular weight excluding hydrogens is 298 g/mol. The molecule has 2 heterocycles. The summed E-state index contributed by atoms with van der Waals surface area (Å²) in [6.45, 7) is 0.484. The zero-order chi connectivity index (χ0) is 15.8. The molecule has 4 nitrogen and oxygen atoms in total. The van der Waals surface area contributed by atoms with Crippen LogP contribution >= 0.6 is 0 Å². The fourth-order valence-corrected chi connectivity index (χ4v) is 2.73. The van der Waals surface area contributed by atoms with Gasteiger partial charge in [-0.15, -0.1) is 0 Å². The van der Waals surface area contributed by atoms with E-state index in [-0.39, 0.29) is 11.6 Å². The maximum Gasteiger partial charge on any atom is 0.137 e. The molecule has 4 rings (SSSR count). The summed E-state index contributed by atoms with van der Waals surface area (Å²) in [6.07, 6.45) is 3.09. The van der Waals surface area contributed by atoms with E-state index in [1.807, 2.05) is 0 Å². The van der Waals surface area contributed by atoms with Crippen LogP contribution in [0.3, 0.4) is 0 Å². The molecule has 23 heavy (non-hydrogen) atoms. The minimum absolute atomic E-state index is 0.297. The van der Waals surface area contributed by atoms with Crippen LogP contribution in [0, 0.1) is 11.6 Å². The average Bonchev–Trinajstić information content (AvgIpc) is 3.17. The Kier molecular flexibility index (Phi) is 3.15. The molecule has 0 saturated carbocycles. The quantitative estimate of drug-likeness (QED) is 0.626. The molecule has 0 amide bonds. The fraction of sp³-hybridized carbons (Fsp3) is 0.0588. The van der Waals surface area contributed by atoms with Crippen LogP contribution in [0.4, 0.5) is 8.78 Å². The summed E-state index contributed by atoms with van der Waals surface area (Å²) in [5, 5.41) is 5.03. The first-order valence-electron chi connectivity index (χ1n) is 7.09. The van der Waals surface area contributed by atoms with Crippen molar-refractivity contribution in [3.8, 4) is 11.3 Å². The maximum absolute atomic E-state index is 13.5. The molecule has 114 valence electrons. The Labute approximate surface area is 130 Å². The van der Waals surface area contributed by atoms with E-state index in [1.165, 1.54) is 30.6 Å². The first-order valence-corrected chi connectivity index (χ1v) is 7.09. The van der Waals surface area contributed by atoms with Crippen molar-refractivity contribution in [3.63, 3.8) is 0 Å². The number of nitrogens with one attached hydrogen (secondary N) is 1. The monoisotopic (exact) mass is 310 g/mol. The predicted octanol–water partition coefficient (Wildman–Crippen LogP) is 3.75. The zero-order valence-electron chi connectivity index (χ0n) is 12.0. The molecule has 0 aliphatic heterocycles. The van der Waals surface area contributed by atoms with Crippen LogP contribution in [0.5, 0.6) is 0 Å². The highest BCUT2D eigenvalue weighted by Crippen LogP contribution is 2.31. The van der Waals surface area contributed by atoms with Crippen LogP contribution in [0.25, 0.3) is 22.2 Å². The molecule has 1 N–H and O–H groups in total. The van der Waals surface area contributed by atoms with Gasteiger partial charge in [-0.2, -0.15) is 5.10 Å². The molecule has 2 aromatic carbocycles. The minimum atomic E-state index is -0.309. The van der Waals surface area contributed by atoms with Crippen molar-refractivity contribution in [2.75, 3.05) is 0 Å². The van der Waals surface area contributed by atoms with Gasteiger partial charge in [0.2, 0.25) is 0 Å². The third-order valence-corrected chi connectivity index (χ3v) is 3.79. The van der Waals surface area contributed by atoms with Crippen molar-refractivity contribution < 1.29 is 8.78 Å². The van der Waals surface area contributed by atoms with Crippen molar-refractivity contribution >= 4 is 10.9 Å². The topological polar surface area (TPSA) is 46.5 Å². The van der Waals surface area contributed by atoms with Crippen LogP contribution in [0.1, 0.15) is 5.56 Å². The Balaban J connectivity index is 1.92. The number of hydrogen-bond donors (Lipinski definition) is 1. The molecule has 0 saturated heterocycles. The highest BCUT2D eigenvalue weighted by atomic mass is 19.1. The van der Waals surface area contributed by atoms with Gasteiger partial charge in [-0.1, -0.05) is 0 Å². The number of aromatic nitrogens is 4. The number of hydrogen-bond acceptors (Lipinski definition) is 2. The Hall–Kier alpha value is -3.02. The van der Waals surface area contributed by atoms with Gasteiger partial charge in [0.15, 0.2) is 0 Å². The third kappa shape index (κ3) is 2.48. The van der Waals surface area contributed by atoms with Crippen molar-refractivity contribution in [1.82, 2.24) is 19.7 Å². The number of halogens is 2. The van der Waals surface area contributed by atoms with E-state index in [1.54, 1.807) is 29.2 Å². The van der Waals surface area contributed by atoms with Crippen LogP contribution in [0.15, 0.2) is 55.1 Å². The highest BCUT2D eigenvalue weighted by Gasteiger charge is 2.14. The van der Waals surface area contributed by atoms with Gasteiger partial charge in [-0.05, 0) is 48.0 Å². The summed E-state index contributed by atoms with van der Waals surface area (Å²) in [5.74, 6) is -0.606.